The summed E-state index contributed by atoms with van der Waals surface area (Å²) in [4.78, 5) is 12.0. The van der Waals surface area contributed by atoms with Gasteiger partial charge in [0.25, 0.3) is 0 Å². The van der Waals surface area contributed by atoms with Crippen LogP contribution in [0.5, 0.6) is 5.75 Å². The van der Waals surface area contributed by atoms with E-state index >= 15 is 0 Å². The highest BCUT2D eigenvalue weighted by atomic mass is 19.3. The quantitative estimate of drug-likeness (QED) is 0.877. The molecule has 0 aliphatic heterocycles. The first-order valence-corrected chi connectivity index (χ1v) is 7.03. The molecule has 2 aromatic carbocycles. The van der Waals surface area contributed by atoms with Crippen molar-refractivity contribution < 1.29 is 22.7 Å². The number of carbonyl (C=O) groups is 1. The normalized spacial score (nSPS) is 12.0. The minimum absolute atomic E-state index is 0.0497. The second-order valence-corrected chi connectivity index (χ2v) is 5.00. The largest absolute Gasteiger partial charge is 0.435 e. The first-order chi connectivity index (χ1) is 11.0. The molecule has 0 saturated carbocycles. The van der Waals surface area contributed by atoms with Crippen molar-refractivity contribution in [2.45, 2.75) is 26.0 Å². The van der Waals surface area contributed by atoms with Crippen molar-refractivity contribution in [2.75, 3.05) is 0 Å². The van der Waals surface area contributed by atoms with Gasteiger partial charge in [-0.3, -0.25) is 4.79 Å². The summed E-state index contributed by atoms with van der Waals surface area (Å²) in [7, 11) is 0. The third-order valence-corrected chi connectivity index (χ3v) is 3.29. The summed E-state index contributed by atoms with van der Waals surface area (Å²) >= 11 is 0. The van der Waals surface area contributed by atoms with Gasteiger partial charge < -0.3 is 10.1 Å². The summed E-state index contributed by atoms with van der Waals surface area (Å²) in [5.74, 6) is -0.701. The maximum atomic E-state index is 13.5. The highest BCUT2D eigenvalue weighted by Gasteiger charge is 2.12. The molecule has 0 aromatic heterocycles. The molecule has 0 aliphatic rings. The zero-order valence-corrected chi connectivity index (χ0v) is 12.4. The van der Waals surface area contributed by atoms with Crippen LogP contribution in [0.1, 0.15) is 24.1 Å². The van der Waals surface area contributed by atoms with E-state index in [1.165, 1.54) is 18.2 Å². The Bertz CT molecular complexity index is 659. The van der Waals surface area contributed by atoms with Crippen molar-refractivity contribution in [3.8, 4) is 5.75 Å². The Morgan fingerprint density at radius 2 is 1.78 bits per heavy atom. The Hall–Kier alpha value is -2.50. The molecular weight excluding hydrogens is 307 g/mol. The van der Waals surface area contributed by atoms with Gasteiger partial charge in [-0.1, -0.05) is 30.3 Å². The van der Waals surface area contributed by atoms with E-state index in [0.717, 1.165) is 5.56 Å². The van der Waals surface area contributed by atoms with Crippen LogP contribution in [0.15, 0.2) is 48.5 Å². The van der Waals surface area contributed by atoms with Gasteiger partial charge >= 0.3 is 6.61 Å². The average molecular weight is 323 g/mol. The molecule has 23 heavy (non-hydrogen) atoms. The number of alkyl halides is 2. The van der Waals surface area contributed by atoms with E-state index in [4.69, 9.17) is 0 Å². The van der Waals surface area contributed by atoms with Crippen molar-refractivity contribution in [1.82, 2.24) is 5.32 Å². The van der Waals surface area contributed by atoms with Gasteiger partial charge in [0.2, 0.25) is 5.91 Å². The third kappa shape index (κ3) is 5.02. The molecule has 1 N–H and O–H groups in total. The van der Waals surface area contributed by atoms with E-state index < -0.39 is 12.4 Å². The van der Waals surface area contributed by atoms with Crippen LogP contribution < -0.4 is 10.1 Å². The second kappa shape index (κ2) is 7.67. The maximum absolute atomic E-state index is 13.5. The monoisotopic (exact) mass is 323 g/mol. The lowest BCUT2D eigenvalue weighted by molar-refractivity contribution is -0.121. The molecular formula is C17H16F3NO2. The second-order valence-electron chi connectivity index (χ2n) is 5.00. The van der Waals surface area contributed by atoms with Gasteiger partial charge in [0.1, 0.15) is 11.6 Å². The first kappa shape index (κ1) is 16.9. The first-order valence-electron chi connectivity index (χ1n) is 7.03. The van der Waals surface area contributed by atoms with Crippen LogP contribution >= 0.6 is 0 Å². The van der Waals surface area contributed by atoms with Crippen LogP contribution in [0.4, 0.5) is 13.2 Å². The van der Waals surface area contributed by atoms with Crippen LogP contribution in [0.2, 0.25) is 0 Å². The van der Waals surface area contributed by atoms with Gasteiger partial charge in [-0.25, -0.2) is 4.39 Å². The fourth-order valence-electron chi connectivity index (χ4n) is 2.13. The zero-order valence-electron chi connectivity index (χ0n) is 12.4. The molecule has 2 rings (SSSR count). The Morgan fingerprint density at radius 1 is 1.13 bits per heavy atom. The smallest absolute Gasteiger partial charge is 0.387 e. The summed E-state index contributed by atoms with van der Waals surface area (Å²) in [6, 6.07) is 11.7. The maximum Gasteiger partial charge on any atom is 0.387 e. The summed E-state index contributed by atoms with van der Waals surface area (Å²) < 4.78 is 41.9. The molecule has 1 atom stereocenters. The van der Waals surface area contributed by atoms with E-state index in [2.05, 4.69) is 10.1 Å². The molecule has 1 amide bonds. The van der Waals surface area contributed by atoms with Crippen LogP contribution in [-0.4, -0.2) is 12.5 Å². The third-order valence-electron chi connectivity index (χ3n) is 3.29. The van der Waals surface area contributed by atoms with Gasteiger partial charge in [-0.05, 0) is 36.2 Å². The lowest BCUT2D eigenvalue weighted by Gasteiger charge is -2.15. The molecule has 0 aliphatic carbocycles. The van der Waals surface area contributed by atoms with Crippen LogP contribution in [0.25, 0.3) is 0 Å². The SMILES string of the molecule is CC(NC(=O)Cc1ccccc1F)c1ccc(OC(F)F)cc1. The van der Waals surface area contributed by atoms with Crippen LogP contribution in [-0.2, 0) is 11.2 Å². The van der Waals surface area contributed by atoms with Crippen molar-refractivity contribution in [3.63, 3.8) is 0 Å². The van der Waals surface area contributed by atoms with Gasteiger partial charge in [0.15, 0.2) is 0 Å². The summed E-state index contributed by atoms with van der Waals surface area (Å²) in [6.45, 7) is -1.12. The van der Waals surface area contributed by atoms with Crippen molar-refractivity contribution in [2.24, 2.45) is 0 Å². The van der Waals surface area contributed by atoms with E-state index in [1.807, 2.05) is 0 Å². The lowest BCUT2D eigenvalue weighted by Crippen LogP contribution is -2.28. The van der Waals surface area contributed by atoms with E-state index in [-0.39, 0.29) is 24.1 Å². The number of benzene rings is 2. The highest BCUT2D eigenvalue weighted by molar-refractivity contribution is 5.79. The Kier molecular flexibility index (Phi) is 5.62. The number of ether oxygens (including phenoxy) is 1. The predicted molar refractivity (Wildman–Crippen MR) is 79.7 cm³/mol. The number of halogens is 3. The van der Waals surface area contributed by atoms with Crippen LogP contribution in [0, 0.1) is 5.82 Å². The zero-order chi connectivity index (χ0) is 16.8. The topological polar surface area (TPSA) is 38.3 Å². The van der Waals surface area contributed by atoms with Gasteiger partial charge in [-0.2, -0.15) is 8.78 Å². The average Bonchev–Trinajstić information content (AvgIpc) is 2.49. The lowest BCUT2D eigenvalue weighted by atomic mass is 10.1. The standard InChI is InChI=1S/C17H16F3NO2/c1-11(12-6-8-14(9-7-12)23-17(19)20)21-16(22)10-13-4-2-3-5-15(13)18/h2-9,11,17H,10H2,1H3,(H,21,22). The minimum Gasteiger partial charge on any atom is -0.435 e. The number of hydrogen-bond acceptors (Lipinski definition) is 2. The predicted octanol–water partition coefficient (Wildman–Crippen LogP) is 3.85. The molecule has 122 valence electrons. The molecule has 0 heterocycles. The van der Waals surface area contributed by atoms with E-state index in [0.29, 0.717) is 5.56 Å². The molecule has 0 spiro atoms. The summed E-state index contributed by atoms with van der Waals surface area (Å²) in [6.07, 6.45) is -0.0659. The molecule has 0 radical (unpaired) electrons. The Morgan fingerprint density at radius 3 is 2.39 bits per heavy atom. The van der Waals surface area contributed by atoms with Crippen molar-refractivity contribution in [3.05, 3.63) is 65.5 Å². The number of carbonyl (C=O) groups excluding carboxylic acids is 1. The number of rotatable bonds is 6. The fourth-order valence-corrected chi connectivity index (χ4v) is 2.13. The van der Waals surface area contributed by atoms with Gasteiger partial charge in [-0.15, -0.1) is 0 Å². The number of nitrogens with one attached hydrogen (secondary N) is 1. The summed E-state index contributed by atoms with van der Waals surface area (Å²) in [5, 5.41) is 2.74. The molecule has 3 nitrogen and oxygen atoms in total. The van der Waals surface area contributed by atoms with Gasteiger partial charge in [0.05, 0.1) is 12.5 Å². The highest BCUT2D eigenvalue weighted by Crippen LogP contribution is 2.19. The molecule has 0 saturated heterocycles. The fraction of sp³-hybridized carbons (Fsp3) is 0.235. The summed E-state index contributed by atoms with van der Waals surface area (Å²) in [5.41, 5.74) is 1.05. The Labute approximate surface area is 132 Å². The minimum atomic E-state index is -2.88. The van der Waals surface area contributed by atoms with Crippen molar-refractivity contribution in [1.29, 1.82) is 0 Å². The molecule has 6 heteroatoms. The van der Waals surface area contributed by atoms with Crippen molar-refractivity contribution >= 4 is 5.91 Å². The van der Waals surface area contributed by atoms with Crippen LogP contribution in [0.3, 0.4) is 0 Å². The van der Waals surface area contributed by atoms with E-state index in [1.54, 1.807) is 37.3 Å². The Balaban J connectivity index is 1.94. The molecule has 0 fully saturated rings. The molecule has 2 aromatic rings. The van der Waals surface area contributed by atoms with Gasteiger partial charge in [0, 0.05) is 0 Å². The molecule has 1 unspecified atom stereocenters. The van der Waals surface area contributed by atoms with E-state index in [9.17, 15) is 18.0 Å². The number of hydrogen-bond donors (Lipinski definition) is 1. The number of amides is 1. The molecule has 0 bridgehead atoms.